The van der Waals surface area contributed by atoms with Crippen LogP contribution in [0.3, 0.4) is 0 Å². The summed E-state index contributed by atoms with van der Waals surface area (Å²) in [6, 6.07) is 6.36. The van der Waals surface area contributed by atoms with Crippen molar-refractivity contribution >= 4 is 18.7 Å². The molecular formula is C13H16. The van der Waals surface area contributed by atoms with E-state index in [0.717, 1.165) is 11.6 Å². The fourth-order valence-electron chi connectivity index (χ4n) is 1.34. The van der Waals surface area contributed by atoms with Gasteiger partial charge in [0.15, 0.2) is 0 Å². The van der Waals surface area contributed by atoms with E-state index in [0.29, 0.717) is 0 Å². The Morgan fingerprint density at radius 3 is 2.69 bits per heavy atom. The van der Waals surface area contributed by atoms with Crippen molar-refractivity contribution in [2.45, 2.75) is 20.3 Å². The van der Waals surface area contributed by atoms with Crippen molar-refractivity contribution in [3.05, 3.63) is 40.3 Å². The molecule has 1 rings (SSSR count). The van der Waals surface area contributed by atoms with E-state index in [-0.39, 0.29) is 0 Å². The zero-order valence-corrected chi connectivity index (χ0v) is 8.38. The van der Waals surface area contributed by atoms with Crippen molar-refractivity contribution in [1.29, 1.82) is 0 Å². The number of benzene rings is 1. The van der Waals surface area contributed by atoms with Crippen LogP contribution in [-0.2, 0) is 0 Å². The first-order chi connectivity index (χ1) is 6.27. The summed E-state index contributed by atoms with van der Waals surface area (Å²) in [5.41, 5.74) is 1.22. The maximum Gasteiger partial charge on any atom is -0.0230 e. The normalized spacial score (nSPS) is 12.6. The number of rotatable bonds is 2. The third-order valence-electron chi connectivity index (χ3n) is 1.95. The van der Waals surface area contributed by atoms with Crippen molar-refractivity contribution in [1.82, 2.24) is 0 Å². The maximum absolute atomic E-state index is 4.02. The van der Waals surface area contributed by atoms with E-state index in [9.17, 15) is 0 Å². The van der Waals surface area contributed by atoms with Crippen molar-refractivity contribution in [3.8, 4) is 0 Å². The highest BCUT2D eigenvalue weighted by atomic mass is 13.9. The molecule has 0 heterocycles. The highest BCUT2D eigenvalue weighted by Gasteiger charge is 1.85. The van der Waals surface area contributed by atoms with Crippen molar-refractivity contribution in [3.63, 3.8) is 0 Å². The van der Waals surface area contributed by atoms with Crippen LogP contribution >= 0.6 is 0 Å². The van der Waals surface area contributed by atoms with E-state index in [2.05, 4.69) is 43.9 Å². The van der Waals surface area contributed by atoms with Gasteiger partial charge in [-0.1, -0.05) is 43.9 Å². The highest BCUT2D eigenvalue weighted by molar-refractivity contribution is 5.49. The Morgan fingerprint density at radius 2 is 2.15 bits per heavy atom. The summed E-state index contributed by atoms with van der Waals surface area (Å²) >= 11 is 0. The monoisotopic (exact) mass is 172 g/mol. The molecule has 0 fully saturated rings. The Kier molecular flexibility index (Phi) is 3.51. The first-order valence-electron chi connectivity index (χ1n) is 4.69. The molecule has 0 atom stereocenters. The summed E-state index contributed by atoms with van der Waals surface area (Å²) in [7, 11) is 0. The minimum atomic E-state index is 1.06. The second kappa shape index (κ2) is 4.66. The van der Waals surface area contributed by atoms with Crippen LogP contribution < -0.4 is 10.4 Å². The largest absolute Gasteiger partial charge is 0.0912 e. The smallest absolute Gasteiger partial charge is 0.0230 e. The SMILES string of the molecule is C=c1cc(/C=C/C)cc/c1=C\CC. The van der Waals surface area contributed by atoms with Gasteiger partial charge in [-0.05, 0) is 35.4 Å². The van der Waals surface area contributed by atoms with Gasteiger partial charge in [0.05, 0.1) is 0 Å². The van der Waals surface area contributed by atoms with Crippen LogP contribution in [0.5, 0.6) is 0 Å². The second-order valence-electron chi connectivity index (χ2n) is 3.07. The summed E-state index contributed by atoms with van der Waals surface area (Å²) in [4.78, 5) is 0. The quantitative estimate of drug-likeness (QED) is 0.642. The highest BCUT2D eigenvalue weighted by Crippen LogP contribution is 1.94. The molecule has 0 bridgehead atoms. The molecule has 1 aromatic carbocycles. The molecule has 0 aliphatic rings. The lowest BCUT2D eigenvalue weighted by atomic mass is 10.1. The van der Waals surface area contributed by atoms with Gasteiger partial charge in [-0.25, -0.2) is 0 Å². The van der Waals surface area contributed by atoms with E-state index in [1.54, 1.807) is 0 Å². The van der Waals surface area contributed by atoms with Gasteiger partial charge >= 0.3 is 0 Å². The van der Waals surface area contributed by atoms with Gasteiger partial charge in [-0.2, -0.15) is 0 Å². The van der Waals surface area contributed by atoms with E-state index in [1.165, 1.54) is 10.8 Å². The van der Waals surface area contributed by atoms with Crippen LogP contribution in [0.4, 0.5) is 0 Å². The summed E-state index contributed by atoms with van der Waals surface area (Å²) in [6.07, 6.45) is 7.38. The van der Waals surface area contributed by atoms with Crippen molar-refractivity contribution < 1.29 is 0 Å². The third kappa shape index (κ3) is 2.59. The second-order valence-corrected chi connectivity index (χ2v) is 3.07. The van der Waals surface area contributed by atoms with Crippen molar-refractivity contribution in [2.24, 2.45) is 0 Å². The lowest BCUT2D eigenvalue weighted by molar-refractivity contribution is 1.28. The molecule has 0 aliphatic carbocycles. The van der Waals surface area contributed by atoms with Crippen LogP contribution in [0.2, 0.25) is 0 Å². The topological polar surface area (TPSA) is 0 Å². The molecule has 0 unspecified atom stereocenters. The van der Waals surface area contributed by atoms with Crippen LogP contribution in [0.15, 0.2) is 24.3 Å². The lowest BCUT2D eigenvalue weighted by Gasteiger charge is -1.93. The zero-order chi connectivity index (χ0) is 9.68. The Bertz CT molecular complexity index is 397. The van der Waals surface area contributed by atoms with Crippen molar-refractivity contribution in [2.75, 3.05) is 0 Å². The number of allylic oxidation sites excluding steroid dienone is 1. The van der Waals surface area contributed by atoms with Crippen LogP contribution in [0.25, 0.3) is 18.7 Å². The first kappa shape index (κ1) is 9.79. The number of hydrogen-bond donors (Lipinski definition) is 0. The van der Waals surface area contributed by atoms with E-state index in [4.69, 9.17) is 0 Å². The molecule has 13 heavy (non-hydrogen) atoms. The molecule has 0 spiro atoms. The summed E-state index contributed by atoms with van der Waals surface area (Å²) in [5.74, 6) is 0. The van der Waals surface area contributed by atoms with Gasteiger partial charge in [0.1, 0.15) is 0 Å². The average molecular weight is 172 g/mol. The summed E-state index contributed by atoms with van der Waals surface area (Å²) in [5, 5.41) is 2.35. The van der Waals surface area contributed by atoms with E-state index < -0.39 is 0 Å². The molecule has 0 saturated carbocycles. The van der Waals surface area contributed by atoms with E-state index in [1.807, 2.05) is 13.0 Å². The molecule has 0 aromatic heterocycles. The Labute approximate surface area is 79.9 Å². The average Bonchev–Trinajstić information content (AvgIpc) is 2.10. The van der Waals surface area contributed by atoms with Gasteiger partial charge in [0, 0.05) is 0 Å². The van der Waals surface area contributed by atoms with Gasteiger partial charge in [0.2, 0.25) is 0 Å². The predicted molar refractivity (Wildman–Crippen MR) is 60.7 cm³/mol. The fourth-order valence-corrected chi connectivity index (χ4v) is 1.34. The molecule has 0 heteroatoms. The third-order valence-corrected chi connectivity index (χ3v) is 1.95. The Morgan fingerprint density at radius 1 is 1.38 bits per heavy atom. The molecule has 0 saturated heterocycles. The molecule has 68 valence electrons. The van der Waals surface area contributed by atoms with Gasteiger partial charge < -0.3 is 0 Å². The molecule has 0 aliphatic heterocycles. The molecule has 0 amide bonds. The molecule has 0 nitrogen and oxygen atoms in total. The fraction of sp³-hybridized carbons (Fsp3) is 0.231. The first-order valence-corrected chi connectivity index (χ1v) is 4.69. The summed E-state index contributed by atoms with van der Waals surface area (Å²) < 4.78 is 0. The van der Waals surface area contributed by atoms with E-state index >= 15 is 0 Å². The summed E-state index contributed by atoms with van der Waals surface area (Å²) in [6.45, 7) is 8.18. The minimum Gasteiger partial charge on any atom is -0.0912 e. The molecule has 0 N–H and O–H groups in total. The maximum atomic E-state index is 4.02. The van der Waals surface area contributed by atoms with Crippen LogP contribution in [0.1, 0.15) is 25.8 Å². The molecule has 1 aromatic rings. The van der Waals surface area contributed by atoms with Gasteiger partial charge in [0.25, 0.3) is 0 Å². The van der Waals surface area contributed by atoms with Crippen LogP contribution in [0, 0.1) is 0 Å². The van der Waals surface area contributed by atoms with Crippen LogP contribution in [-0.4, -0.2) is 0 Å². The predicted octanol–water partition coefficient (Wildman–Crippen LogP) is 2.32. The zero-order valence-electron chi connectivity index (χ0n) is 8.38. The minimum absolute atomic E-state index is 1.06. The van der Waals surface area contributed by atoms with Gasteiger partial charge in [-0.3, -0.25) is 0 Å². The molecule has 0 radical (unpaired) electrons. The lowest BCUT2D eigenvalue weighted by Crippen LogP contribution is -2.22. The Balaban J connectivity index is 3.21. The number of hydrogen-bond acceptors (Lipinski definition) is 0. The standard InChI is InChI=1S/C13H16/c1-4-6-12-8-9-13(7-5-2)11(3)10-12/h4,6-10H,3,5H2,1-2H3/b6-4+,13-7+. The Hall–Kier alpha value is -1.30. The molecular weight excluding hydrogens is 156 g/mol. The van der Waals surface area contributed by atoms with Gasteiger partial charge in [-0.15, -0.1) is 0 Å².